The molecule has 0 unspecified atom stereocenters. The van der Waals surface area contributed by atoms with Gasteiger partial charge in [0.2, 0.25) is 0 Å². The minimum absolute atomic E-state index is 0.0857. The van der Waals surface area contributed by atoms with Gasteiger partial charge in [0.25, 0.3) is 5.91 Å². The van der Waals surface area contributed by atoms with Gasteiger partial charge in [-0.2, -0.15) is 0 Å². The number of nitrogen functional groups attached to an aromatic ring is 1. The van der Waals surface area contributed by atoms with Gasteiger partial charge in [0.15, 0.2) is 0 Å². The second-order valence-electron chi connectivity index (χ2n) is 4.67. The number of carbonyl (C=O) groups is 1. The number of hydrogen-bond donors (Lipinski definition) is 2. The molecule has 0 atom stereocenters. The topological polar surface area (TPSA) is 72.2 Å². The molecule has 0 radical (unpaired) electrons. The van der Waals surface area contributed by atoms with Crippen LogP contribution in [0.4, 0.5) is 5.69 Å². The SMILES string of the molecule is Cc1ccc(N)cc1C(=O)NC1CCS(=O)CC1. The maximum atomic E-state index is 12.1. The lowest BCUT2D eigenvalue weighted by molar-refractivity contribution is 0.0934. The summed E-state index contributed by atoms with van der Waals surface area (Å²) in [5.41, 5.74) is 7.83. The van der Waals surface area contributed by atoms with Crippen molar-refractivity contribution >= 4 is 22.4 Å². The molecule has 3 N–H and O–H groups in total. The van der Waals surface area contributed by atoms with E-state index in [0.29, 0.717) is 22.8 Å². The highest BCUT2D eigenvalue weighted by molar-refractivity contribution is 7.85. The summed E-state index contributed by atoms with van der Waals surface area (Å²) in [6.07, 6.45) is 1.58. The second-order valence-corrected chi connectivity index (χ2v) is 6.37. The number of rotatable bonds is 2. The molecule has 18 heavy (non-hydrogen) atoms. The van der Waals surface area contributed by atoms with Crippen molar-refractivity contribution in [2.45, 2.75) is 25.8 Å². The highest BCUT2D eigenvalue weighted by Gasteiger charge is 2.20. The third kappa shape index (κ3) is 3.10. The quantitative estimate of drug-likeness (QED) is 0.791. The third-order valence-electron chi connectivity index (χ3n) is 3.23. The number of carbonyl (C=O) groups excluding carboxylic acids is 1. The zero-order valence-electron chi connectivity index (χ0n) is 10.4. The highest BCUT2D eigenvalue weighted by atomic mass is 32.2. The molecule has 1 amide bonds. The van der Waals surface area contributed by atoms with Gasteiger partial charge in [-0.3, -0.25) is 9.00 Å². The Hall–Kier alpha value is -1.36. The standard InChI is InChI=1S/C13H18N2O2S/c1-9-2-3-10(14)8-12(9)13(16)15-11-4-6-18(17)7-5-11/h2-3,8,11H,4-7,14H2,1H3,(H,15,16). The van der Waals surface area contributed by atoms with Crippen LogP contribution in [-0.2, 0) is 10.8 Å². The van der Waals surface area contributed by atoms with Crippen LogP contribution < -0.4 is 11.1 Å². The van der Waals surface area contributed by atoms with E-state index in [0.717, 1.165) is 18.4 Å². The molecule has 0 saturated carbocycles. The van der Waals surface area contributed by atoms with E-state index in [1.165, 1.54) is 0 Å². The number of benzene rings is 1. The number of aryl methyl sites for hydroxylation is 1. The number of nitrogens with one attached hydrogen (secondary N) is 1. The Morgan fingerprint density at radius 1 is 1.39 bits per heavy atom. The highest BCUT2D eigenvalue weighted by Crippen LogP contribution is 2.15. The summed E-state index contributed by atoms with van der Waals surface area (Å²) in [5.74, 6) is 1.28. The van der Waals surface area contributed by atoms with Crippen molar-refractivity contribution in [2.24, 2.45) is 0 Å². The van der Waals surface area contributed by atoms with Gasteiger partial charge in [0, 0.05) is 39.6 Å². The number of anilines is 1. The van der Waals surface area contributed by atoms with Crippen LogP contribution in [0.15, 0.2) is 18.2 Å². The Balaban J connectivity index is 2.03. The first kappa shape index (κ1) is 13.1. The first-order chi connectivity index (χ1) is 8.56. The Morgan fingerprint density at radius 2 is 2.06 bits per heavy atom. The molecule has 0 bridgehead atoms. The number of amides is 1. The lowest BCUT2D eigenvalue weighted by Gasteiger charge is -2.23. The smallest absolute Gasteiger partial charge is 0.251 e. The Kier molecular flexibility index (Phi) is 4.01. The monoisotopic (exact) mass is 266 g/mol. The summed E-state index contributed by atoms with van der Waals surface area (Å²) in [5, 5.41) is 2.99. The van der Waals surface area contributed by atoms with Gasteiger partial charge < -0.3 is 11.1 Å². The van der Waals surface area contributed by atoms with Crippen LogP contribution in [0.3, 0.4) is 0 Å². The summed E-state index contributed by atoms with van der Waals surface area (Å²) >= 11 is 0. The zero-order valence-corrected chi connectivity index (χ0v) is 11.3. The fraction of sp³-hybridized carbons (Fsp3) is 0.462. The minimum atomic E-state index is -0.700. The average Bonchev–Trinajstić information content (AvgIpc) is 2.35. The van der Waals surface area contributed by atoms with Gasteiger partial charge in [-0.25, -0.2) is 0 Å². The van der Waals surface area contributed by atoms with Gasteiger partial charge in [-0.1, -0.05) is 6.07 Å². The molecule has 0 aromatic heterocycles. The van der Waals surface area contributed by atoms with Crippen LogP contribution in [0, 0.1) is 6.92 Å². The molecular formula is C13H18N2O2S. The Bertz CT molecular complexity index is 478. The Labute approximate surface area is 109 Å². The molecule has 1 aromatic carbocycles. The van der Waals surface area contributed by atoms with Gasteiger partial charge in [0.1, 0.15) is 0 Å². The van der Waals surface area contributed by atoms with Crippen molar-refractivity contribution in [3.8, 4) is 0 Å². The van der Waals surface area contributed by atoms with E-state index in [1.54, 1.807) is 12.1 Å². The van der Waals surface area contributed by atoms with Crippen molar-refractivity contribution in [3.05, 3.63) is 29.3 Å². The van der Waals surface area contributed by atoms with E-state index < -0.39 is 10.8 Å². The van der Waals surface area contributed by atoms with Gasteiger partial charge in [0.05, 0.1) is 0 Å². The minimum Gasteiger partial charge on any atom is -0.399 e. The molecule has 1 aliphatic rings. The molecule has 4 nitrogen and oxygen atoms in total. The fourth-order valence-corrected chi connectivity index (χ4v) is 3.38. The molecule has 2 rings (SSSR count). The first-order valence-electron chi connectivity index (χ1n) is 6.08. The van der Waals surface area contributed by atoms with E-state index in [2.05, 4.69) is 5.32 Å². The van der Waals surface area contributed by atoms with Crippen LogP contribution in [0.25, 0.3) is 0 Å². The summed E-state index contributed by atoms with van der Waals surface area (Å²) in [7, 11) is -0.700. The van der Waals surface area contributed by atoms with E-state index in [4.69, 9.17) is 5.73 Å². The van der Waals surface area contributed by atoms with Crippen LogP contribution in [0.5, 0.6) is 0 Å². The largest absolute Gasteiger partial charge is 0.399 e. The molecule has 1 saturated heterocycles. The van der Waals surface area contributed by atoms with E-state index in [1.807, 2.05) is 13.0 Å². The van der Waals surface area contributed by atoms with Crippen molar-refractivity contribution < 1.29 is 9.00 Å². The van der Waals surface area contributed by atoms with Gasteiger partial charge >= 0.3 is 0 Å². The van der Waals surface area contributed by atoms with Gasteiger partial charge in [-0.05, 0) is 37.5 Å². The molecule has 1 aliphatic heterocycles. The summed E-state index contributed by atoms with van der Waals surface area (Å²) in [6.45, 7) is 1.89. The predicted octanol–water partition coefficient (Wildman–Crippen LogP) is 1.22. The zero-order chi connectivity index (χ0) is 13.1. The molecule has 0 spiro atoms. The number of hydrogen-bond acceptors (Lipinski definition) is 3. The van der Waals surface area contributed by atoms with E-state index >= 15 is 0 Å². The molecule has 0 aliphatic carbocycles. The van der Waals surface area contributed by atoms with Crippen LogP contribution >= 0.6 is 0 Å². The third-order valence-corrected chi connectivity index (χ3v) is 4.61. The maximum Gasteiger partial charge on any atom is 0.251 e. The maximum absolute atomic E-state index is 12.1. The molecule has 98 valence electrons. The first-order valence-corrected chi connectivity index (χ1v) is 7.57. The van der Waals surface area contributed by atoms with Crippen LogP contribution in [-0.4, -0.2) is 27.7 Å². The Morgan fingerprint density at radius 3 is 2.72 bits per heavy atom. The van der Waals surface area contributed by atoms with E-state index in [9.17, 15) is 9.00 Å². The van der Waals surface area contributed by atoms with E-state index in [-0.39, 0.29) is 11.9 Å². The summed E-state index contributed by atoms with van der Waals surface area (Å²) < 4.78 is 11.2. The summed E-state index contributed by atoms with van der Waals surface area (Å²) in [6, 6.07) is 5.47. The fourth-order valence-electron chi connectivity index (χ4n) is 2.09. The lowest BCUT2D eigenvalue weighted by atomic mass is 10.1. The molecule has 1 heterocycles. The summed E-state index contributed by atoms with van der Waals surface area (Å²) in [4.78, 5) is 12.1. The van der Waals surface area contributed by atoms with Crippen LogP contribution in [0.2, 0.25) is 0 Å². The molecule has 1 fully saturated rings. The molecular weight excluding hydrogens is 248 g/mol. The van der Waals surface area contributed by atoms with Crippen molar-refractivity contribution in [3.63, 3.8) is 0 Å². The molecule has 1 aromatic rings. The van der Waals surface area contributed by atoms with Crippen LogP contribution in [0.1, 0.15) is 28.8 Å². The average molecular weight is 266 g/mol. The normalized spacial score (nSPS) is 23.6. The molecule has 5 heteroatoms. The lowest BCUT2D eigenvalue weighted by Crippen LogP contribution is -2.39. The van der Waals surface area contributed by atoms with Crippen molar-refractivity contribution in [1.82, 2.24) is 5.32 Å². The van der Waals surface area contributed by atoms with Crippen molar-refractivity contribution in [1.29, 1.82) is 0 Å². The number of nitrogens with two attached hydrogens (primary N) is 1. The predicted molar refractivity (Wildman–Crippen MR) is 74.0 cm³/mol. The van der Waals surface area contributed by atoms with Crippen molar-refractivity contribution in [2.75, 3.05) is 17.2 Å². The van der Waals surface area contributed by atoms with Gasteiger partial charge in [-0.15, -0.1) is 0 Å². The second kappa shape index (κ2) is 5.52.